The lowest BCUT2D eigenvalue weighted by molar-refractivity contribution is -0.188. The van der Waals surface area contributed by atoms with Gasteiger partial charge in [-0.3, -0.25) is 14.7 Å². The Labute approximate surface area is 197 Å². The topological polar surface area (TPSA) is 120 Å². The molecule has 1 aromatic heterocycles. The van der Waals surface area contributed by atoms with Gasteiger partial charge in [-0.05, 0) is 68.3 Å². The molecule has 7 rings (SSSR count). The summed E-state index contributed by atoms with van der Waals surface area (Å²) in [6.07, 6.45) is 7.17. The number of aromatic hydroxyl groups is 1. The number of carbonyl (C=O) groups is 2. The third kappa shape index (κ3) is 2.94. The van der Waals surface area contributed by atoms with Gasteiger partial charge in [-0.1, -0.05) is 6.07 Å². The number of Topliss-reactive ketones (excluding diaryl/α,β-unsaturated/α-hetero) is 1. The van der Waals surface area contributed by atoms with E-state index in [9.17, 15) is 19.8 Å². The summed E-state index contributed by atoms with van der Waals surface area (Å²) in [5, 5.41) is 30.6. The minimum Gasteiger partial charge on any atom is -0.504 e. The number of aliphatic hydroxyl groups is 1. The normalized spacial score (nSPS) is 32.8. The van der Waals surface area contributed by atoms with E-state index in [4.69, 9.17) is 9.84 Å². The van der Waals surface area contributed by atoms with E-state index < -0.39 is 23.1 Å². The number of rotatable bonds is 3. The Morgan fingerprint density at radius 1 is 1.24 bits per heavy atom. The molecule has 5 aliphatic rings. The quantitative estimate of drug-likeness (QED) is 0.633. The first-order valence-corrected chi connectivity index (χ1v) is 12.0. The first-order chi connectivity index (χ1) is 16.3. The molecule has 34 heavy (non-hydrogen) atoms. The monoisotopic (exact) mass is 464 g/mol. The van der Waals surface area contributed by atoms with Gasteiger partial charge in [0.1, 0.15) is 0 Å². The number of benzene rings is 1. The summed E-state index contributed by atoms with van der Waals surface area (Å²) in [6, 6.07) is 6.77. The van der Waals surface area contributed by atoms with E-state index in [-0.39, 0.29) is 23.1 Å². The Morgan fingerprint density at radius 2 is 2.06 bits per heavy atom. The van der Waals surface area contributed by atoms with Crippen LogP contribution >= 0.6 is 0 Å². The first-order valence-electron chi connectivity index (χ1n) is 12.0. The largest absolute Gasteiger partial charge is 0.504 e. The number of ether oxygens (including phenoxy) is 1. The van der Waals surface area contributed by atoms with Crippen LogP contribution in [0.2, 0.25) is 0 Å². The summed E-state index contributed by atoms with van der Waals surface area (Å²) in [7, 11) is 0. The van der Waals surface area contributed by atoms with E-state index in [0.29, 0.717) is 18.6 Å². The number of phenolic OH excluding ortho intramolecular Hbond substituents is 1. The molecule has 178 valence electrons. The van der Waals surface area contributed by atoms with Gasteiger partial charge < -0.3 is 20.1 Å². The van der Waals surface area contributed by atoms with Gasteiger partial charge in [0.2, 0.25) is 0 Å². The minimum atomic E-state index is -0.942. The van der Waals surface area contributed by atoms with Gasteiger partial charge in [-0.2, -0.15) is 0 Å². The molecule has 1 saturated heterocycles. The van der Waals surface area contributed by atoms with Gasteiger partial charge >= 0.3 is 5.97 Å². The number of carboxylic acid groups (broad SMARTS) is 1. The molecule has 3 fully saturated rings. The average molecular weight is 465 g/mol. The second-order valence-corrected chi connectivity index (χ2v) is 10.3. The van der Waals surface area contributed by atoms with Crippen LogP contribution in [-0.4, -0.2) is 67.8 Å². The molecule has 8 heteroatoms. The zero-order chi connectivity index (χ0) is 23.7. The third-order valence-electron chi connectivity index (χ3n) is 8.47. The SMILES string of the molecule is O=C(O)c1cccnc1.O=C1CC[C@@]2(O)[C@H]3Cc4ccc(O)c5c4[C@@]2(CCN3CC2CC2)[C@H]1O5. The number of likely N-dealkylation sites (tertiary alicyclic amines) is 1. The van der Waals surface area contributed by atoms with Crippen LogP contribution in [0.25, 0.3) is 0 Å². The zero-order valence-electron chi connectivity index (χ0n) is 18.8. The van der Waals surface area contributed by atoms with E-state index in [1.54, 1.807) is 12.1 Å². The predicted octanol–water partition coefficient (Wildman–Crippen LogP) is 2.31. The molecule has 0 amide bonds. The fourth-order valence-electron chi connectivity index (χ4n) is 6.75. The molecule has 3 heterocycles. The number of carboxylic acids is 1. The number of carbonyl (C=O) groups excluding carboxylic acids is 1. The van der Waals surface area contributed by atoms with Crippen LogP contribution in [-0.2, 0) is 16.6 Å². The molecule has 2 bridgehead atoms. The van der Waals surface area contributed by atoms with E-state index in [1.807, 2.05) is 6.07 Å². The summed E-state index contributed by atoms with van der Waals surface area (Å²) < 4.78 is 6.04. The van der Waals surface area contributed by atoms with Gasteiger partial charge in [0, 0.05) is 37.0 Å². The number of aromatic nitrogens is 1. The first kappa shape index (κ1) is 21.6. The predicted molar refractivity (Wildman–Crippen MR) is 121 cm³/mol. The van der Waals surface area contributed by atoms with Gasteiger partial charge in [0.25, 0.3) is 0 Å². The van der Waals surface area contributed by atoms with Crippen LogP contribution in [0.5, 0.6) is 11.5 Å². The fraction of sp³-hybridized carbons (Fsp3) is 0.500. The van der Waals surface area contributed by atoms with Crippen molar-refractivity contribution < 1.29 is 29.6 Å². The van der Waals surface area contributed by atoms with Gasteiger partial charge in [0.15, 0.2) is 23.4 Å². The van der Waals surface area contributed by atoms with E-state index >= 15 is 0 Å². The van der Waals surface area contributed by atoms with Crippen LogP contribution in [0.4, 0.5) is 0 Å². The maximum Gasteiger partial charge on any atom is 0.337 e. The highest BCUT2D eigenvalue weighted by Gasteiger charge is 2.73. The molecule has 8 nitrogen and oxygen atoms in total. The zero-order valence-corrected chi connectivity index (χ0v) is 18.8. The number of hydrogen-bond donors (Lipinski definition) is 3. The molecule has 2 aliphatic heterocycles. The van der Waals surface area contributed by atoms with Crippen molar-refractivity contribution in [3.05, 3.63) is 53.3 Å². The maximum atomic E-state index is 12.7. The van der Waals surface area contributed by atoms with E-state index in [2.05, 4.69) is 9.88 Å². The van der Waals surface area contributed by atoms with Crippen molar-refractivity contribution >= 4 is 11.8 Å². The molecule has 2 saturated carbocycles. The number of phenols is 1. The average Bonchev–Trinajstić information content (AvgIpc) is 3.57. The standard InChI is InChI=1S/C20H23NO4.C6H5NO2/c22-13-4-3-12-9-15-20(24)6-5-14(23)18-19(20,16(12)17(13)25-18)7-8-21(15)10-11-1-2-11;8-6(9)5-2-1-3-7-4-5/h3-4,11,15,18,22,24H,1-2,5-10H2;1-4H,(H,8,9)/t15-,18+,19+,20-;/m1./s1. The Hall–Kier alpha value is -2.97. The molecular formula is C26H28N2O6. The highest BCUT2D eigenvalue weighted by atomic mass is 16.5. The number of aromatic carboxylic acids is 1. The van der Waals surface area contributed by atoms with Crippen LogP contribution < -0.4 is 4.74 Å². The number of hydrogen-bond acceptors (Lipinski definition) is 7. The Morgan fingerprint density at radius 3 is 2.74 bits per heavy atom. The lowest BCUT2D eigenvalue weighted by Gasteiger charge is -2.62. The maximum absolute atomic E-state index is 12.7. The molecule has 4 atom stereocenters. The Balaban J connectivity index is 0.000000206. The van der Waals surface area contributed by atoms with Crippen molar-refractivity contribution in [2.45, 2.75) is 61.7 Å². The molecule has 1 aromatic carbocycles. The van der Waals surface area contributed by atoms with Crippen molar-refractivity contribution in [3.63, 3.8) is 0 Å². The summed E-state index contributed by atoms with van der Waals surface area (Å²) in [5.41, 5.74) is 0.674. The van der Waals surface area contributed by atoms with Crippen LogP contribution in [0, 0.1) is 5.92 Å². The van der Waals surface area contributed by atoms with Crippen molar-refractivity contribution in [2.24, 2.45) is 5.92 Å². The van der Waals surface area contributed by atoms with Crippen molar-refractivity contribution in [3.8, 4) is 11.5 Å². The summed E-state index contributed by atoms with van der Waals surface area (Å²) in [4.78, 5) is 29.0. The molecule has 3 N–H and O–H groups in total. The number of ketones is 1. The van der Waals surface area contributed by atoms with Gasteiger partial charge in [0.05, 0.1) is 16.6 Å². The lowest BCUT2D eigenvalue weighted by Crippen LogP contribution is -2.76. The molecule has 2 aromatic rings. The molecular weight excluding hydrogens is 436 g/mol. The van der Waals surface area contributed by atoms with Crippen molar-refractivity contribution in [1.29, 1.82) is 0 Å². The highest BCUT2D eigenvalue weighted by Crippen LogP contribution is 2.64. The third-order valence-corrected chi connectivity index (χ3v) is 8.47. The second kappa shape index (κ2) is 7.52. The number of pyridine rings is 1. The summed E-state index contributed by atoms with van der Waals surface area (Å²) in [6.45, 7) is 1.95. The highest BCUT2D eigenvalue weighted by molar-refractivity contribution is 5.90. The van der Waals surface area contributed by atoms with Crippen molar-refractivity contribution in [1.82, 2.24) is 9.88 Å². The second-order valence-electron chi connectivity index (χ2n) is 10.3. The number of nitrogens with zero attached hydrogens (tertiary/aromatic N) is 2. The summed E-state index contributed by atoms with van der Waals surface area (Å²) >= 11 is 0. The summed E-state index contributed by atoms with van der Waals surface area (Å²) in [5.74, 6) is 0.447. The Bertz CT molecular complexity index is 1170. The minimum absolute atomic E-state index is 0.0454. The fourth-order valence-corrected chi connectivity index (χ4v) is 6.75. The molecule has 0 radical (unpaired) electrons. The molecule has 3 aliphatic carbocycles. The van der Waals surface area contributed by atoms with Gasteiger partial charge in [-0.15, -0.1) is 0 Å². The molecule has 0 unspecified atom stereocenters. The number of piperidine rings is 1. The van der Waals surface area contributed by atoms with Crippen LogP contribution in [0.1, 0.15) is 53.6 Å². The van der Waals surface area contributed by atoms with Crippen LogP contribution in [0.3, 0.4) is 0 Å². The molecule has 1 spiro atoms. The smallest absolute Gasteiger partial charge is 0.337 e. The van der Waals surface area contributed by atoms with E-state index in [0.717, 1.165) is 43.0 Å². The van der Waals surface area contributed by atoms with Crippen molar-refractivity contribution in [2.75, 3.05) is 13.1 Å². The van der Waals surface area contributed by atoms with Crippen LogP contribution in [0.15, 0.2) is 36.7 Å². The van der Waals surface area contributed by atoms with Gasteiger partial charge in [-0.25, -0.2) is 4.79 Å². The van der Waals surface area contributed by atoms with E-state index in [1.165, 1.54) is 31.3 Å². The lowest BCUT2D eigenvalue weighted by atomic mass is 9.49. The Kier molecular flexibility index (Phi) is 4.76.